The highest BCUT2D eigenvalue weighted by atomic mass is 16.5. The highest BCUT2D eigenvalue weighted by molar-refractivity contribution is 5.94. The molecule has 0 saturated carbocycles. The molecule has 1 rings (SSSR count). The van der Waals surface area contributed by atoms with Crippen LogP contribution in [-0.4, -0.2) is 30.8 Å². The number of ether oxygens (including phenoxy) is 1. The van der Waals surface area contributed by atoms with Gasteiger partial charge in [-0.25, -0.2) is 0 Å². The van der Waals surface area contributed by atoms with Gasteiger partial charge in [-0.3, -0.25) is 4.79 Å². The summed E-state index contributed by atoms with van der Waals surface area (Å²) < 4.78 is 5.42. The van der Waals surface area contributed by atoms with Crippen LogP contribution < -0.4 is 10.1 Å². The van der Waals surface area contributed by atoms with Crippen molar-refractivity contribution < 1.29 is 14.6 Å². The van der Waals surface area contributed by atoms with Gasteiger partial charge in [-0.05, 0) is 37.1 Å². The Morgan fingerprint density at radius 1 is 1.35 bits per heavy atom. The summed E-state index contributed by atoms with van der Waals surface area (Å²) in [6.07, 6.45) is 1.53. The first-order valence-corrected chi connectivity index (χ1v) is 5.90. The summed E-state index contributed by atoms with van der Waals surface area (Å²) in [6.45, 7) is 3.30. The van der Waals surface area contributed by atoms with E-state index in [4.69, 9.17) is 9.84 Å². The van der Waals surface area contributed by atoms with E-state index in [1.807, 2.05) is 6.92 Å². The number of hydrogen-bond donors (Lipinski definition) is 2. The topological polar surface area (TPSA) is 58.6 Å². The van der Waals surface area contributed by atoms with Crippen molar-refractivity contribution in [2.45, 2.75) is 19.8 Å². The summed E-state index contributed by atoms with van der Waals surface area (Å²) in [5.74, 6) is 0.652. The highest BCUT2D eigenvalue weighted by Gasteiger charge is 2.04. The minimum absolute atomic E-state index is 0.0874. The standard InChI is InChI=1S/C13H19NO3/c1-2-10-17-12-6-4-11(5-7-12)13(16)14-8-3-9-15/h4-7,15H,2-3,8-10H2,1H3,(H,14,16). The average Bonchev–Trinajstić information content (AvgIpc) is 2.37. The largest absolute Gasteiger partial charge is 0.494 e. The minimum Gasteiger partial charge on any atom is -0.494 e. The predicted octanol–water partition coefficient (Wildman–Crippen LogP) is 1.59. The van der Waals surface area contributed by atoms with Gasteiger partial charge in [0.15, 0.2) is 0 Å². The molecule has 0 heterocycles. The molecule has 94 valence electrons. The molecule has 0 aromatic heterocycles. The number of carbonyl (C=O) groups excluding carboxylic acids is 1. The average molecular weight is 237 g/mol. The zero-order valence-electron chi connectivity index (χ0n) is 10.1. The Bertz CT molecular complexity index is 335. The van der Waals surface area contributed by atoms with Gasteiger partial charge in [-0.2, -0.15) is 0 Å². The summed E-state index contributed by atoms with van der Waals surface area (Å²) in [5.41, 5.74) is 0.604. The van der Waals surface area contributed by atoms with Crippen molar-refractivity contribution in [1.29, 1.82) is 0 Å². The Kier molecular flexibility index (Phi) is 6.10. The van der Waals surface area contributed by atoms with Crippen LogP contribution >= 0.6 is 0 Å². The third-order valence-electron chi connectivity index (χ3n) is 2.21. The molecule has 0 aliphatic rings. The van der Waals surface area contributed by atoms with Crippen LogP contribution in [0.5, 0.6) is 5.75 Å². The number of amides is 1. The number of hydrogen-bond acceptors (Lipinski definition) is 3. The van der Waals surface area contributed by atoms with Gasteiger partial charge in [0.05, 0.1) is 6.61 Å². The lowest BCUT2D eigenvalue weighted by Crippen LogP contribution is -2.24. The molecule has 0 spiro atoms. The first-order valence-electron chi connectivity index (χ1n) is 5.90. The predicted molar refractivity (Wildman–Crippen MR) is 66.3 cm³/mol. The van der Waals surface area contributed by atoms with E-state index in [0.29, 0.717) is 25.1 Å². The van der Waals surface area contributed by atoms with Gasteiger partial charge in [0.25, 0.3) is 5.91 Å². The quantitative estimate of drug-likeness (QED) is 0.708. The molecule has 4 nitrogen and oxygen atoms in total. The van der Waals surface area contributed by atoms with Crippen LogP contribution in [0.2, 0.25) is 0 Å². The van der Waals surface area contributed by atoms with Crippen LogP contribution in [0.1, 0.15) is 30.1 Å². The first-order chi connectivity index (χ1) is 8.27. The lowest BCUT2D eigenvalue weighted by Gasteiger charge is -2.06. The number of rotatable bonds is 7. The molecule has 0 unspecified atom stereocenters. The van der Waals surface area contributed by atoms with Crippen molar-refractivity contribution in [3.8, 4) is 5.75 Å². The lowest BCUT2D eigenvalue weighted by molar-refractivity contribution is 0.0951. The Hall–Kier alpha value is -1.55. The second kappa shape index (κ2) is 7.68. The van der Waals surface area contributed by atoms with Crippen molar-refractivity contribution in [1.82, 2.24) is 5.32 Å². The molecule has 17 heavy (non-hydrogen) atoms. The van der Waals surface area contributed by atoms with Crippen LogP contribution in [0.4, 0.5) is 0 Å². The van der Waals surface area contributed by atoms with E-state index in [1.165, 1.54) is 0 Å². The molecule has 4 heteroatoms. The monoisotopic (exact) mass is 237 g/mol. The van der Waals surface area contributed by atoms with Gasteiger partial charge in [0, 0.05) is 18.7 Å². The smallest absolute Gasteiger partial charge is 0.251 e. The fourth-order valence-corrected chi connectivity index (χ4v) is 1.31. The van der Waals surface area contributed by atoms with Gasteiger partial charge < -0.3 is 15.2 Å². The van der Waals surface area contributed by atoms with Gasteiger partial charge >= 0.3 is 0 Å². The minimum atomic E-state index is -0.125. The normalized spacial score (nSPS) is 10.0. The van der Waals surface area contributed by atoms with E-state index in [2.05, 4.69) is 5.32 Å². The summed E-state index contributed by atoms with van der Waals surface area (Å²) in [7, 11) is 0. The van der Waals surface area contributed by atoms with E-state index in [0.717, 1.165) is 12.2 Å². The van der Waals surface area contributed by atoms with Gasteiger partial charge in [-0.15, -0.1) is 0 Å². The SMILES string of the molecule is CCCOc1ccc(C(=O)NCCCO)cc1. The van der Waals surface area contributed by atoms with E-state index < -0.39 is 0 Å². The molecule has 0 bridgehead atoms. The molecule has 1 aromatic carbocycles. The maximum atomic E-state index is 11.6. The van der Waals surface area contributed by atoms with E-state index in [-0.39, 0.29) is 12.5 Å². The maximum Gasteiger partial charge on any atom is 0.251 e. The Labute approximate surface area is 102 Å². The van der Waals surface area contributed by atoms with Crippen LogP contribution in [0.3, 0.4) is 0 Å². The summed E-state index contributed by atoms with van der Waals surface area (Å²) in [4.78, 5) is 11.6. The number of aliphatic hydroxyl groups excluding tert-OH is 1. The van der Waals surface area contributed by atoms with Crippen LogP contribution in [0.15, 0.2) is 24.3 Å². The number of benzene rings is 1. The molecule has 0 atom stereocenters. The summed E-state index contributed by atoms with van der Waals surface area (Å²) in [5, 5.41) is 11.3. The van der Waals surface area contributed by atoms with Crippen molar-refractivity contribution in [3.63, 3.8) is 0 Å². The van der Waals surface area contributed by atoms with Crippen molar-refractivity contribution in [2.24, 2.45) is 0 Å². The second-order valence-corrected chi connectivity index (χ2v) is 3.71. The molecular weight excluding hydrogens is 218 g/mol. The number of aliphatic hydroxyl groups is 1. The molecule has 0 aliphatic heterocycles. The highest BCUT2D eigenvalue weighted by Crippen LogP contribution is 2.12. The number of nitrogens with one attached hydrogen (secondary N) is 1. The van der Waals surface area contributed by atoms with Crippen LogP contribution in [0, 0.1) is 0 Å². The van der Waals surface area contributed by atoms with Crippen molar-refractivity contribution in [2.75, 3.05) is 19.8 Å². The molecule has 0 aliphatic carbocycles. The summed E-state index contributed by atoms with van der Waals surface area (Å²) in [6, 6.07) is 7.05. The first kappa shape index (κ1) is 13.5. The van der Waals surface area contributed by atoms with Crippen LogP contribution in [0.25, 0.3) is 0 Å². The van der Waals surface area contributed by atoms with Gasteiger partial charge in [0.2, 0.25) is 0 Å². The van der Waals surface area contributed by atoms with Gasteiger partial charge in [0.1, 0.15) is 5.75 Å². The molecule has 1 aromatic rings. The third kappa shape index (κ3) is 4.87. The van der Waals surface area contributed by atoms with Crippen molar-refractivity contribution in [3.05, 3.63) is 29.8 Å². The third-order valence-corrected chi connectivity index (χ3v) is 2.21. The maximum absolute atomic E-state index is 11.6. The lowest BCUT2D eigenvalue weighted by atomic mass is 10.2. The molecule has 0 fully saturated rings. The number of carbonyl (C=O) groups is 1. The molecule has 0 saturated heterocycles. The molecule has 0 radical (unpaired) electrons. The molecular formula is C13H19NO3. The Balaban J connectivity index is 2.46. The second-order valence-electron chi connectivity index (χ2n) is 3.71. The Morgan fingerprint density at radius 2 is 2.06 bits per heavy atom. The van der Waals surface area contributed by atoms with Gasteiger partial charge in [-0.1, -0.05) is 6.92 Å². The van der Waals surface area contributed by atoms with Crippen LogP contribution in [-0.2, 0) is 0 Å². The molecule has 2 N–H and O–H groups in total. The fourth-order valence-electron chi connectivity index (χ4n) is 1.31. The van der Waals surface area contributed by atoms with Crippen molar-refractivity contribution >= 4 is 5.91 Å². The Morgan fingerprint density at radius 3 is 2.65 bits per heavy atom. The molecule has 1 amide bonds. The van der Waals surface area contributed by atoms with E-state index >= 15 is 0 Å². The summed E-state index contributed by atoms with van der Waals surface area (Å²) >= 11 is 0. The zero-order chi connectivity index (χ0) is 12.5. The fraction of sp³-hybridized carbons (Fsp3) is 0.462. The zero-order valence-corrected chi connectivity index (χ0v) is 10.1. The van der Waals surface area contributed by atoms with E-state index in [9.17, 15) is 4.79 Å². The van der Waals surface area contributed by atoms with E-state index in [1.54, 1.807) is 24.3 Å².